The van der Waals surface area contributed by atoms with E-state index in [4.69, 9.17) is 16.3 Å². The minimum atomic E-state index is 0.0376. The van der Waals surface area contributed by atoms with Gasteiger partial charge in [-0.3, -0.25) is 4.90 Å². The van der Waals surface area contributed by atoms with Crippen LogP contribution in [0.3, 0.4) is 0 Å². The van der Waals surface area contributed by atoms with E-state index < -0.39 is 0 Å². The lowest BCUT2D eigenvalue weighted by molar-refractivity contribution is 0.0835. The molecule has 2 N–H and O–H groups in total. The van der Waals surface area contributed by atoms with Crippen molar-refractivity contribution in [3.63, 3.8) is 0 Å². The van der Waals surface area contributed by atoms with E-state index in [0.717, 1.165) is 26.2 Å². The number of hydrogen-bond acceptors (Lipinski definition) is 4. The molecule has 0 spiro atoms. The fourth-order valence-corrected chi connectivity index (χ4v) is 3.64. The molecule has 0 aromatic heterocycles. The van der Waals surface area contributed by atoms with E-state index >= 15 is 0 Å². The van der Waals surface area contributed by atoms with Gasteiger partial charge in [-0.25, -0.2) is 0 Å². The Bertz CT molecular complexity index is 499. The third-order valence-corrected chi connectivity index (χ3v) is 5.04. The van der Waals surface area contributed by atoms with Crippen LogP contribution < -0.4 is 10.1 Å². The van der Waals surface area contributed by atoms with Gasteiger partial charge in [0, 0.05) is 32.2 Å². The number of benzene rings is 1. The molecule has 1 aromatic carbocycles. The van der Waals surface area contributed by atoms with Crippen LogP contribution in [0.4, 0.5) is 0 Å². The summed E-state index contributed by atoms with van der Waals surface area (Å²) in [7, 11) is 1.57. The molecule has 1 aromatic rings. The highest BCUT2D eigenvalue weighted by Crippen LogP contribution is 2.45. The van der Waals surface area contributed by atoms with Crippen LogP contribution in [0.5, 0.6) is 11.5 Å². The minimum Gasteiger partial charge on any atom is -0.503 e. The number of nitrogens with zero attached hydrogens (tertiary/aromatic N) is 1. The Morgan fingerprint density at radius 2 is 2.05 bits per heavy atom. The molecule has 5 heteroatoms. The summed E-state index contributed by atoms with van der Waals surface area (Å²) in [6.07, 6.45) is 3.86. The number of nitrogens with one attached hydrogen (secondary N) is 1. The summed E-state index contributed by atoms with van der Waals surface area (Å²) in [4.78, 5) is 2.54. The molecule has 2 aliphatic rings. The van der Waals surface area contributed by atoms with Crippen LogP contribution in [0.2, 0.25) is 5.02 Å². The molecule has 1 saturated carbocycles. The summed E-state index contributed by atoms with van der Waals surface area (Å²) in [5.41, 5.74) is 1.17. The summed E-state index contributed by atoms with van der Waals surface area (Å²) in [6, 6.07) is 4.24. The van der Waals surface area contributed by atoms with E-state index in [1.165, 1.54) is 24.8 Å². The molecule has 1 atom stereocenters. The maximum absolute atomic E-state index is 9.94. The smallest absolute Gasteiger partial charge is 0.176 e. The monoisotopic (exact) mass is 310 g/mol. The zero-order chi connectivity index (χ0) is 14.8. The fourth-order valence-electron chi connectivity index (χ4n) is 3.42. The van der Waals surface area contributed by atoms with Gasteiger partial charge in [-0.05, 0) is 36.5 Å². The van der Waals surface area contributed by atoms with Crippen molar-refractivity contribution in [1.29, 1.82) is 0 Å². The van der Waals surface area contributed by atoms with Crippen molar-refractivity contribution in [3.8, 4) is 11.5 Å². The normalized spacial score (nSPS) is 21.8. The Balaban J connectivity index is 1.93. The minimum absolute atomic E-state index is 0.0376. The number of rotatable bonds is 4. The van der Waals surface area contributed by atoms with E-state index in [9.17, 15) is 5.11 Å². The van der Waals surface area contributed by atoms with E-state index in [0.29, 0.717) is 22.7 Å². The van der Waals surface area contributed by atoms with Crippen molar-refractivity contribution in [2.75, 3.05) is 33.3 Å². The fraction of sp³-hybridized carbons (Fsp3) is 0.625. The average molecular weight is 311 g/mol. The maximum Gasteiger partial charge on any atom is 0.176 e. The lowest BCUT2D eigenvalue weighted by Crippen LogP contribution is -2.47. The Labute approximate surface area is 131 Å². The van der Waals surface area contributed by atoms with Crippen LogP contribution in [0.15, 0.2) is 12.1 Å². The highest BCUT2D eigenvalue weighted by atomic mass is 35.5. The van der Waals surface area contributed by atoms with Crippen LogP contribution in [0.1, 0.15) is 30.9 Å². The molecule has 116 valence electrons. The molecule has 0 amide bonds. The Morgan fingerprint density at radius 3 is 2.62 bits per heavy atom. The highest BCUT2D eigenvalue weighted by Gasteiger charge is 2.34. The highest BCUT2D eigenvalue weighted by molar-refractivity contribution is 6.32. The number of phenolic OH excluding ortho intramolecular Hbond substituents is 1. The van der Waals surface area contributed by atoms with Gasteiger partial charge < -0.3 is 15.2 Å². The third kappa shape index (κ3) is 2.98. The third-order valence-electron chi connectivity index (χ3n) is 4.75. The first-order chi connectivity index (χ1) is 10.2. The maximum atomic E-state index is 9.94. The van der Waals surface area contributed by atoms with Crippen LogP contribution in [-0.2, 0) is 0 Å². The topological polar surface area (TPSA) is 44.7 Å². The van der Waals surface area contributed by atoms with Crippen molar-refractivity contribution in [1.82, 2.24) is 10.2 Å². The van der Waals surface area contributed by atoms with Crippen molar-refractivity contribution < 1.29 is 9.84 Å². The zero-order valence-corrected chi connectivity index (χ0v) is 13.2. The molecule has 1 aliphatic heterocycles. The second kappa shape index (κ2) is 6.42. The van der Waals surface area contributed by atoms with Crippen molar-refractivity contribution in [3.05, 3.63) is 22.7 Å². The summed E-state index contributed by atoms with van der Waals surface area (Å²) >= 11 is 6.19. The van der Waals surface area contributed by atoms with Gasteiger partial charge in [0.15, 0.2) is 11.5 Å². The molecule has 4 nitrogen and oxygen atoms in total. The number of phenols is 1. The molecule has 3 rings (SSSR count). The van der Waals surface area contributed by atoms with Gasteiger partial charge >= 0.3 is 0 Å². The van der Waals surface area contributed by atoms with Crippen molar-refractivity contribution in [2.45, 2.75) is 25.3 Å². The predicted molar refractivity (Wildman–Crippen MR) is 84.2 cm³/mol. The lowest BCUT2D eigenvalue weighted by atomic mass is 9.76. The molecular formula is C16H23ClN2O2. The number of aromatic hydroxyl groups is 1. The molecular weight excluding hydrogens is 288 g/mol. The van der Waals surface area contributed by atoms with Gasteiger partial charge in [0.2, 0.25) is 0 Å². The molecule has 2 fully saturated rings. The molecule has 0 unspecified atom stereocenters. The quantitative estimate of drug-likeness (QED) is 0.897. The largest absolute Gasteiger partial charge is 0.503 e. The first-order valence-electron chi connectivity index (χ1n) is 7.72. The molecule has 0 radical (unpaired) electrons. The van der Waals surface area contributed by atoms with Gasteiger partial charge in [-0.2, -0.15) is 0 Å². The predicted octanol–water partition coefficient (Wildman–Crippen LogP) is 2.80. The van der Waals surface area contributed by atoms with Crippen molar-refractivity contribution >= 4 is 11.6 Å². The molecule has 1 heterocycles. The van der Waals surface area contributed by atoms with E-state index in [-0.39, 0.29) is 5.75 Å². The number of ether oxygens (including phenoxy) is 1. The average Bonchev–Trinajstić information content (AvgIpc) is 2.46. The number of hydrogen-bond donors (Lipinski definition) is 2. The lowest BCUT2D eigenvalue weighted by Gasteiger charge is -2.43. The van der Waals surface area contributed by atoms with Gasteiger partial charge in [-0.15, -0.1) is 0 Å². The Kier molecular flexibility index (Phi) is 4.57. The SMILES string of the molecule is COc1cc([C@@H](C2CCC2)N2CCNCC2)cc(Cl)c1O. The second-order valence-corrected chi connectivity index (χ2v) is 6.38. The summed E-state index contributed by atoms with van der Waals surface area (Å²) < 4.78 is 5.27. The van der Waals surface area contributed by atoms with Gasteiger partial charge in [-0.1, -0.05) is 18.0 Å². The summed E-state index contributed by atoms with van der Waals surface area (Å²) in [5.74, 6) is 1.20. The van der Waals surface area contributed by atoms with Gasteiger partial charge in [0.1, 0.15) is 0 Å². The second-order valence-electron chi connectivity index (χ2n) is 5.98. The van der Waals surface area contributed by atoms with Crippen LogP contribution >= 0.6 is 11.6 Å². The van der Waals surface area contributed by atoms with E-state index in [1.54, 1.807) is 7.11 Å². The van der Waals surface area contributed by atoms with Gasteiger partial charge in [0.05, 0.1) is 12.1 Å². The van der Waals surface area contributed by atoms with E-state index in [1.807, 2.05) is 12.1 Å². The van der Waals surface area contributed by atoms with E-state index in [2.05, 4.69) is 10.2 Å². The zero-order valence-electron chi connectivity index (χ0n) is 12.4. The molecule has 21 heavy (non-hydrogen) atoms. The standard InChI is InChI=1S/C16H23ClN2O2/c1-21-14-10-12(9-13(17)16(14)20)15(11-3-2-4-11)19-7-5-18-6-8-19/h9-11,15,18,20H,2-8H2,1H3/t15-/m1/s1. The number of methoxy groups -OCH3 is 1. The number of piperazine rings is 1. The van der Waals surface area contributed by atoms with Gasteiger partial charge in [0.25, 0.3) is 0 Å². The first-order valence-corrected chi connectivity index (χ1v) is 8.09. The molecule has 1 saturated heterocycles. The van der Waals surface area contributed by atoms with Crippen LogP contribution in [0, 0.1) is 5.92 Å². The first kappa shape index (κ1) is 14.9. The summed E-state index contributed by atoms with van der Waals surface area (Å²) in [6.45, 7) is 4.18. The number of halogens is 1. The molecule has 1 aliphatic carbocycles. The Morgan fingerprint density at radius 1 is 1.33 bits per heavy atom. The molecule has 0 bridgehead atoms. The van der Waals surface area contributed by atoms with Crippen LogP contribution in [0.25, 0.3) is 0 Å². The van der Waals surface area contributed by atoms with Crippen LogP contribution in [-0.4, -0.2) is 43.3 Å². The summed E-state index contributed by atoms with van der Waals surface area (Å²) in [5, 5.41) is 13.7. The Hall–Kier alpha value is -0.970. The van der Waals surface area contributed by atoms with Crippen molar-refractivity contribution in [2.24, 2.45) is 5.92 Å².